The maximum atomic E-state index is 13.8. The van der Waals surface area contributed by atoms with Gasteiger partial charge in [0.2, 0.25) is 0 Å². The molecule has 0 bridgehead atoms. The highest BCUT2D eigenvalue weighted by atomic mass is 31.0. The summed E-state index contributed by atoms with van der Waals surface area (Å²) >= 11 is 0. The number of hydrogen-bond acceptors (Lipinski definition) is 4. The predicted molar refractivity (Wildman–Crippen MR) is 101 cm³/mol. The van der Waals surface area contributed by atoms with Crippen molar-refractivity contribution in [3.63, 3.8) is 0 Å². The number of nitrogens with one attached hydrogen (secondary N) is 1. The number of halogens is 2. The Morgan fingerprint density at radius 3 is 2.39 bits per heavy atom. The fourth-order valence-electron chi connectivity index (χ4n) is 3.04. The number of carbonyl (C=O) groups is 2. The zero-order valence-corrected chi connectivity index (χ0v) is 16.1. The minimum Gasteiger partial charge on any atom is -0.497 e. The van der Waals surface area contributed by atoms with Crippen LogP contribution in [-0.2, 0) is 16.0 Å². The van der Waals surface area contributed by atoms with Gasteiger partial charge in [-0.1, -0.05) is 21.4 Å². The molecule has 1 unspecified atom stereocenters. The van der Waals surface area contributed by atoms with Crippen molar-refractivity contribution in [2.45, 2.75) is 18.1 Å². The third-order valence-electron chi connectivity index (χ3n) is 4.60. The van der Waals surface area contributed by atoms with Gasteiger partial charge in [-0.05, 0) is 42.8 Å². The third-order valence-corrected chi connectivity index (χ3v) is 4.91. The monoisotopic (exact) mass is 403 g/mol. The van der Waals surface area contributed by atoms with Gasteiger partial charge >= 0.3 is 6.03 Å². The van der Waals surface area contributed by atoms with Crippen molar-refractivity contribution in [2.24, 2.45) is 0 Å². The van der Waals surface area contributed by atoms with Crippen molar-refractivity contribution in [1.82, 2.24) is 5.32 Å². The quantitative estimate of drug-likeness (QED) is 0.626. The van der Waals surface area contributed by atoms with Crippen LogP contribution in [0, 0.1) is 11.3 Å². The number of hydrogen-bond donors (Lipinski definition) is 1. The number of rotatable bonds is 4. The summed E-state index contributed by atoms with van der Waals surface area (Å²) in [7, 11) is 2.86. The van der Waals surface area contributed by atoms with Crippen LogP contribution in [0.15, 0.2) is 42.5 Å². The number of ether oxygens (including phenoxy) is 1. The molecule has 2 aromatic carbocycles. The van der Waals surface area contributed by atoms with Crippen molar-refractivity contribution in [1.29, 1.82) is 5.26 Å². The Bertz CT molecular complexity index is 999. The van der Waals surface area contributed by atoms with E-state index in [1.807, 2.05) is 0 Å². The van der Waals surface area contributed by atoms with Crippen LogP contribution < -0.4 is 15.0 Å². The number of amides is 3. The molecule has 2 aromatic rings. The molecule has 3 amide bonds. The first-order chi connectivity index (χ1) is 13.1. The van der Waals surface area contributed by atoms with Gasteiger partial charge in [-0.25, -0.2) is 9.69 Å². The first kappa shape index (κ1) is 19.7. The van der Waals surface area contributed by atoms with E-state index in [1.165, 1.54) is 29.3 Å². The topological polar surface area (TPSA) is 82.4 Å². The highest BCUT2D eigenvalue weighted by Crippen LogP contribution is 2.40. The van der Waals surface area contributed by atoms with E-state index >= 15 is 0 Å². The molecule has 0 radical (unpaired) electrons. The number of methoxy groups -OCH3 is 1. The smallest absolute Gasteiger partial charge is 0.329 e. The third kappa shape index (κ3) is 3.19. The van der Waals surface area contributed by atoms with Crippen LogP contribution in [0.4, 0.5) is 19.3 Å². The molecule has 1 saturated heterocycles. The number of carbonyl (C=O) groups excluding carboxylic acids is 2. The largest absolute Gasteiger partial charge is 0.497 e. The standard InChI is InChI=1S/C19H16F2N3O3P/c1-18(12-4-7-14(27-2)8-5-12)16(25)24(17(26)23-18)13-6-3-11(10-22)15(9-13)19(20,21)28/h3-9H,28H2,1-2H3,(H,23,26)/t18-/m1/s1. The average Bonchev–Trinajstić information content (AvgIpc) is 2.90. The maximum Gasteiger partial charge on any atom is 0.329 e. The van der Waals surface area contributed by atoms with E-state index in [1.54, 1.807) is 30.3 Å². The van der Waals surface area contributed by atoms with Gasteiger partial charge in [0.1, 0.15) is 11.3 Å². The van der Waals surface area contributed by atoms with Gasteiger partial charge in [-0.2, -0.15) is 14.0 Å². The molecule has 9 heteroatoms. The summed E-state index contributed by atoms with van der Waals surface area (Å²) in [5.41, 5.74) is -5.12. The zero-order valence-electron chi connectivity index (χ0n) is 15.0. The first-order valence-electron chi connectivity index (χ1n) is 8.14. The van der Waals surface area contributed by atoms with Crippen LogP contribution in [0.1, 0.15) is 23.6 Å². The molecule has 1 aliphatic rings. The molecule has 1 aliphatic heterocycles. The second-order valence-electron chi connectivity index (χ2n) is 6.39. The normalized spacial score (nSPS) is 19.4. The average molecular weight is 403 g/mol. The first-order valence-corrected chi connectivity index (χ1v) is 8.72. The van der Waals surface area contributed by atoms with E-state index in [9.17, 15) is 18.4 Å². The number of nitriles is 1. The van der Waals surface area contributed by atoms with E-state index in [2.05, 4.69) is 5.32 Å². The Labute approximate surface area is 162 Å². The van der Waals surface area contributed by atoms with Crippen molar-refractivity contribution in [3.8, 4) is 11.8 Å². The van der Waals surface area contributed by atoms with Gasteiger partial charge in [0.25, 0.3) is 11.6 Å². The minimum atomic E-state index is -3.39. The lowest BCUT2D eigenvalue weighted by molar-refractivity contribution is -0.121. The van der Waals surface area contributed by atoms with Gasteiger partial charge in [0, 0.05) is 5.56 Å². The van der Waals surface area contributed by atoms with Crippen molar-refractivity contribution < 1.29 is 23.1 Å². The number of anilines is 1. The fourth-order valence-corrected chi connectivity index (χ4v) is 3.28. The van der Waals surface area contributed by atoms with Gasteiger partial charge in [-0.3, -0.25) is 4.79 Å². The molecule has 0 saturated carbocycles. The molecule has 0 aromatic heterocycles. The van der Waals surface area contributed by atoms with Crippen LogP contribution in [0.25, 0.3) is 0 Å². The highest BCUT2D eigenvalue weighted by molar-refractivity contribution is 7.17. The second kappa shape index (κ2) is 6.84. The molecule has 1 heterocycles. The molecule has 0 spiro atoms. The number of nitrogens with zero attached hydrogens (tertiary/aromatic N) is 2. The molecule has 144 valence electrons. The Hall–Kier alpha value is -3.04. The predicted octanol–water partition coefficient (Wildman–Crippen LogP) is 3.46. The molecule has 6 nitrogen and oxygen atoms in total. The molecular formula is C19H16F2N3O3P. The lowest BCUT2D eigenvalue weighted by Crippen LogP contribution is -2.40. The van der Waals surface area contributed by atoms with Gasteiger partial charge in [0.15, 0.2) is 0 Å². The van der Waals surface area contributed by atoms with Crippen LogP contribution in [-0.4, -0.2) is 19.0 Å². The van der Waals surface area contributed by atoms with Crippen LogP contribution in [0.3, 0.4) is 0 Å². The molecule has 0 aliphatic carbocycles. The highest BCUT2D eigenvalue weighted by Gasteiger charge is 2.50. The summed E-state index contributed by atoms with van der Waals surface area (Å²) in [5, 5.41) is 11.7. The van der Waals surface area contributed by atoms with Gasteiger partial charge < -0.3 is 10.1 Å². The molecule has 1 fully saturated rings. The van der Waals surface area contributed by atoms with E-state index in [-0.39, 0.29) is 11.3 Å². The van der Waals surface area contributed by atoms with E-state index < -0.39 is 28.7 Å². The Balaban J connectivity index is 2.04. The summed E-state index contributed by atoms with van der Waals surface area (Å²) in [4.78, 5) is 26.4. The van der Waals surface area contributed by atoms with E-state index in [0.29, 0.717) is 11.3 Å². The van der Waals surface area contributed by atoms with Crippen LogP contribution >= 0.6 is 9.24 Å². The fraction of sp³-hybridized carbons (Fsp3) is 0.211. The summed E-state index contributed by atoms with van der Waals surface area (Å²) in [6.45, 7) is 1.53. The number of urea groups is 1. The Morgan fingerprint density at radius 1 is 1.21 bits per heavy atom. The number of imide groups is 1. The zero-order chi connectivity index (χ0) is 20.7. The van der Waals surface area contributed by atoms with Gasteiger partial charge in [0.05, 0.1) is 24.4 Å². The van der Waals surface area contributed by atoms with Crippen LogP contribution in [0.2, 0.25) is 0 Å². The summed E-state index contributed by atoms with van der Waals surface area (Å²) < 4.78 is 32.8. The molecule has 3 rings (SSSR count). The minimum absolute atomic E-state index is 0.0455. The maximum absolute atomic E-state index is 13.8. The Morgan fingerprint density at radius 2 is 1.86 bits per heavy atom. The SMILES string of the molecule is COc1ccc([C@@]2(C)NC(=O)N(c3ccc(C#N)c(C(F)(F)P)c3)C2=O)cc1. The van der Waals surface area contributed by atoms with Crippen molar-refractivity contribution in [2.75, 3.05) is 12.0 Å². The molecule has 1 N–H and O–H groups in total. The lowest BCUT2D eigenvalue weighted by Gasteiger charge is -2.23. The number of alkyl halides is 2. The lowest BCUT2D eigenvalue weighted by atomic mass is 9.92. The van der Waals surface area contributed by atoms with Crippen molar-refractivity contribution in [3.05, 3.63) is 59.2 Å². The summed E-state index contributed by atoms with van der Waals surface area (Å²) in [6, 6.07) is 10.9. The Kier molecular flexibility index (Phi) is 4.82. The van der Waals surface area contributed by atoms with Crippen LogP contribution in [0.5, 0.6) is 5.75 Å². The molecular weight excluding hydrogens is 387 g/mol. The van der Waals surface area contributed by atoms with Crippen molar-refractivity contribution >= 4 is 26.9 Å². The van der Waals surface area contributed by atoms with Gasteiger partial charge in [-0.15, -0.1) is 0 Å². The second-order valence-corrected chi connectivity index (χ2v) is 7.11. The summed E-state index contributed by atoms with van der Waals surface area (Å²) in [6.07, 6.45) is 0. The van der Waals surface area contributed by atoms with E-state index in [0.717, 1.165) is 17.0 Å². The molecule has 28 heavy (non-hydrogen) atoms. The molecule has 2 atom stereocenters. The number of benzene rings is 2. The summed E-state index contributed by atoms with van der Waals surface area (Å²) in [5.74, 6) is -0.0363. The van der Waals surface area contributed by atoms with E-state index in [4.69, 9.17) is 10.00 Å².